The normalized spacial score (nSPS) is 11.0. The molecule has 2 heterocycles. The number of hydrogen-bond acceptors (Lipinski definition) is 5. The molecular formula is C26H25ClN4O2. The molecule has 0 fully saturated rings. The quantitative estimate of drug-likeness (QED) is 0.364. The molecule has 0 atom stereocenters. The van der Waals surface area contributed by atoms with Crippen LogP contribution in [0.15, 0.2) is 89.7 Å². The van der Waals surface area contributed by atoms with Crippen LogP contribution >= 0.6 is 11.6 Å². The van der Waals surface area contributed by atoms with E-state index in [-0.39, 0.29) is 11.6 Å². The zero-order valence-electron chi connectivity index (χ0n) is 18.2. The van der Waals surface area contributed by atoms with Crippen LogP contribution in [0.25, 0.3) is 0 Å². The van der Waals surface area contributed by atoms with E-state index in [9.17, 15) is 4.79 Å². The lowest BCUT2D eigenvalue weighted by Crippen LogP contribution is -2.26. The summed E-state index contributed by atoms with van der Waals surface area (Å²) in [6.07, 6.45) is 3.80. The van der Waals surface area contributed by atoms with Gasteiger partial charge >= 0.3 is 0 Å². The van der Waals surface area contributed by atoms with Gasteiger partial charge in [0.1, 0.15) is 6.26 Å². The lowest BCUT2D eigenvalue weighted by Gasteiger charge is -2.21. The maximum Gasteiger partial charge on any atom is 0.273 e. The Balaban J connectivity index is 1.39. The number of nitrogens with zero attached hydrogens (tertiary/aromatic N) is 3. The molecule has 0 aliphatic heterocycles. The fourth-order valence-corrected chi connectivity index (χ4v) is 3.74. The molecule has 1 amide bonds. The molecule has 0 spiro atoms. The topological polar surface area (TPSA) is 71.3 Å². The van der Waals surface area contributed by atoms with Crippen molar-refractivity contribution in [2.75, 3.05) is 6.54 Å². The van der Waals surface area contributed by atoms with Gasteiger partial charge in [0.25, 0.3) is 5.91 Å². The number of oxazole rings is 1. The molecule has 0 aliphatic rings. The molecule has 2 aromatic carbocycles. The summed E-state index contributed by atoms with van der Waals surface area (Å²) in [4.78, 5) is 23.3. The number of benzene rings is 2. The Hall–Kier alpha value is -3.48. The van der Waals surface area contributed by atoms with E-state index in [1.165, 1.54) is 11.8 Å². The average molecular weight is 461 g/mol. The summed E-state index contributed by atoms with van der Waals surface area (Å²) in [6.45, 7) is 2.32. The molecule has 6 nitrogen and oxygen atoms in total. The van der Waals surface area contributed by atoms with E-state index < -0.39 is 0 Å². The van der Waals surface area contributed by atoms with Gasteiger partial charge in [0, 0.05) is 43.0 Å². The molecule has 4 aromatic rings. The first kappa shape index (κ1) is 22.7. The number of nitrogens with one attached hydrogen (secondary N) is 1. The van der Waals surface area contributed by atoms with Crippen LogP contribution in [0.5, 0.6) is 0 Å². The van der Waals surface area contributed by atoms with E-state index in [4.69, 9.17) is 16.0 Å². The Morgan fingerprint density at radius 2 is 1.73 bits per heavy atom. The van der Waals surface area contributed by atoms with Crippen molar-refractivity contribution in [1.82, 2.24) is 20.2 Å². The summed E-state index contributed by atoms with van der Waals surface area (Å²) >= 11 is 6.17. The van der Waals surface area contributed by atoms with Gasteiger partial charge in [-0.1, -0.05) is 60.1 Å². The van der Waals surface area contributed by atoms with Crippen LogP contribution in [0.3, 0.4) is 0 Å². The number of pyridine rings is 1. The number of halogens is 1. The minimum Gasteiger partial charge on any atom is -0.447 e. The third-order valence-electron chi connectivity index (χ3n) is 5.08. The van der Waals surface area contributed by atoms with Crippen molar-refractivity contribution < 1.29 is 9.21 Å². The Morgan fingerprint density at radius 3 is 2.52 bits per heavy atom. The highest BCUT2D eigenvalue weighted by atomic mass is 35.5. The third kappa shape index (κ3) is 7.00. The van der Waals surface area contributed by atoms with Crippen molar-refractivity contribution in [3.8, 4) is 0 Å². The van der Waals surface area contributed by atoms with Gasteiger partial charge in [-0.15, -0.1) is 0 Å². The predicted octanol–water partition coefficient (Wildman–Crippen LogP) is 4.90. The number of carbonyl (C=O) groups is 1. The number of amides is 1. The lowest BCUT2D eigenvalue weighted by molar-refractivity contribution is 0.0949. The Labute approximate surface area is 198 Å². The number of carbonyl (C=O) groups excluding carboxylic acids is 1. The largest absolute Gasteiger partial charge is 0.447 e. The fourth-order valence-electron chi connectivity index (χ4n) is 3.52. The molecule has 7 heteroatoms. The first-order valence-electron chi connectivity index (χ1n) is 10.8. The maximum absolute atomic E-state index is 12.5. The van der Waals surface area contributed by atoms with Crippen molar-refractivity contribution in [2.24, 2.45) is 0 Å². The highest BCUT2D eigenvalue weighted by molar-refractivity contribution is 6.30. The number of hydrogen-bond donors (Lipinski definition) is 1. The summed E-state index contributed by atoms with van der Waals surface area (Å²) in [5.41, 5.74) is 3.47. The summed E-state index contributed by atoms with van der Waals surface area (Å²) in [6, 6.07) is 23.7. The molecule has 33 heavy (non-hydrogen) atoms. The molecule has 1 N–H and O–H groups in total. The first-order chi connectivity index (χ1) is 16.2. The second kappa shape index (κ2) is 11.4. The van der Waals surface area contributed by atoms with Crippen molar-refractivity contribution >= 4 is 17.5 Å². The van der Waals surface area contributed by atoms with E-state index in [0.29, 0.717) is 43.5 Å². The van der Waals surface area contributed by atoms with Crippen LogP contribution in [0.1, 0.15) is 33.2 Å². The van der Waals surface area contributed by atoms with Crippen LogP contribution in [-0.4, -0.2) is 27.3 Å². The number of rotatable bonds is 10. The van der Waals surface area contributed by atoms with Gasteiger partial charge in [0.05, 0.1) is 6.54 Å². The summed E-state index contributed by atoms with van der Waals surface area (Å²) in [7, 11) is 0. The zero-order chi connectivity index (χ0) is 22.9. The van der Waals surface area contributed by atoms with E-state index in [0.717, 1.165) is 11.3 Å². The molecule has 0 unspecified atom stereocenters. The minimum atomic E-state index is -0.259. The SMILES string of the molecule is O=C(NCCc1ccccn1)c1coc(CN(Cc2ccccc2)Cc2cccc(Cl)c2)n1. The van der Waals surface area contributed by atoms with Crippen LogP contribution in [-0.2, 0) is 26.1 Å². The predicted molar refractivity (Wildman–Crippen MR) is 128 cm³/mol. The molecule has 2 aromatic heterocycles. The Bertz CT molecular complexity index is 1170. The van der Waals surface area contributed by atoms with Crippen molar-refractivity contribution in [3.05, 3.63) is 119 Å². The van der Waals surface area contributed by atoms with Crippen molar-refractivity contribution in [1.29, 1.82) is 0 Å². The standard InChI is InChI=1S/C26H25ClN4O2/c27-22-10-6-9-21(15-22)17-31(16-20-7-2-1-3-8-20)18-25-30-24(19-33-25)26(32)29-14-12-23-11-4-5-13-28-23/h1-11,13,15,19H,12,14,16-18H2,(H,29,32). The lowest BCUT2D eigenvalue weighted by atomic mass is 10.1. The van der Waals surface area contributed by atoms with E-state index in [1.54, 1.807) is 6.20 Å². The van der Waals surface area contributed by atoms with Crippen LogP contribution < -0.4 is 5.32 Å². The molecule has 0 aliphatic carbocycles. The van der Waals surface area contributed by atoms with Crippen molar-refractivity contribution in [2.45, 2.75) is 26.1 Å². The highest BCUT2D eigenvalue weighted by Crippen LogP contribution is 2.17. The van der Waals surface area contributed by atoms with Gasteiger partial charge in [-0.05, 0) is 35.4 Å². The molecule has 4 rings (SSSR count). The van der Waals surface area contributed by atoms with Gasteiger partial charge in [-0.2, -0.15) is 0 Å². The van der Waals surface area contributed by atoms with E-state index in [1.807, 2.05) is 60.7 Å². The second-order valence-electron chi connectivity index (χ2n) is 7.71. The Kier molecular flexibility index (Phi) is 7.85. The summed E-state index contributed by atoms with van der Waals surface area (Å²) in [5.74, 6) is 0.230. The second-order valence-corrected chi connectivity index (χ2v) is 8.15. The molecule has 0 radical (unpaired) electrons. The van der Waals surface area contributed by atoms with Crippen LogP contribution in [0, 0.1) is 0 Å². The molecular weight excluding hydrogens is 436 g/mol. The monoisotopic (exact) mass is 460 g/mol. The van der Waals surface area contributed by atoms with Crippen LogP contribution in [0.2, 0.25) is 5.02 Å². The first-order valence-corrected chi connectivity index (χ1v) is 11.2. The van der Waals surface area contributed by atoms with Crippen LogP contribution in [0.4, 0.5) is 0 Å². The molecule has 0 saturated heterocycles. The van der Waals surface area contributed by atoms with Gasteiger partial charge in [-0.25, -0.2) is 4.98 Å². The highest BCUT2D eigenvalue weighted by Gasteiger charge is 2.16. The van der Waals surface area contributed by atoms with Gasteiger partial charge in [0.2, 0.25) is 5.89 Å². The average Bonchev–Trinajstić information content (AvgIpc) is 3.29. The summed E-state index contributed by atoms with van der Waals surface area (Å²) < 4.78 is 5.63. The zero-order valence-corrected chi connectivity index (χ0v) is 18.9. The minimum absolute atomic E-state index is 0.259. The third-order valence-corrected chi connectivity index (χ3v) is 5.32. The molecule has 168 valence electrons. The van der Waals surface area contributed by atoms with Gasteiger partial charge in [0.15, 0.2) is 5.69 Å². The van der Waals surface area contributed by atoms with Gasteiger partial charge < -0.3 is 9.73 Å². The van der Waals surface area contributed by atoms with E-state index in [2.05, 4.69) is 32.3 Å². The smallest absolute Gasteiger partial charge is 0.273 e. The molecule has 0 saturated carbocycles. The molecule has 0 bridgehead atoms. The van der Waals surface area contributed by atoms with Gasteiger partial charge in [-0.3, -0.25) is 14.7 Å². The maximum atomic E-state index is 12.5. The Morgan fingerprint density at radius 1 is 0.939 bits per heavy atom. The van der Waals surface area contributed by atoms with E-state index >= 15 is 0 Å². The number of aromatic nitrogens is 2. The van der Waals surface area contributed by atoms with Crippen molar-refractivity contribution in [3.63, 3.8) is 0 Å². The fraction of sp³-hybridized carbons (Fsp3) is 0.192. The summed E-state index contributed by atoms with van der Waals surface area (Å²) in [5, 5.41) is 3.57.